The molecule has 10 nitrogen and oxygen atoms in total. The van der Waals surface area contributed by atoms with Crippen LogP contribution in [0.5, 0.6) is 0 Å². The summed E-state index contributed by atoms with van der Waals surface area (Å²) in [5, 5.41) is 19.2. The third-order valence-electron chi connectivity index (χ3n) is 6.68. The quantitative estimate of drug-likeness (QED) is 0.184. The molecule has 0 radical (unpaired) electrons. The number of fused-ring (bicyclic) bond motifs is 1. The molecule has 1 aliphatic rings. The Morgan fingerprint density at radius 3 is 2.74 bits per heavy atom. The van der Waals surface area contributed by atoms with Crippen molar-refractivity contribution in [1.29, 1.82) is 0 Å². The molecule has 0 amide bonds. The number of carbonyl (C=O) groups is 1. The van der Waals surface area contributed by atoms with Crippen LogP contribution in [-0.2, 0) is 37.1 Å². The second-order valence-corrected chi connectivity index (χ2v) is 11.9. The Morgan fingerprint density at radius 2 is 2.03 bits per heavy atom. The number of hydrogen-bond donors (Lipinski definition) is 1. The topological polar surface area (TPSA) is 124 Å². The van der Waals surface area contributed by atoms with E-state index in [-0.39, 0.29) is 38.0 Å². The first-order chi connectivity index (χ1) is 18.6. The molecule has 1 unspecified atom stereocenters. The lowest BCUT2D eigenvalue weighted by molar-refractivity contribution is -0.143. The molecule has 1 aliphatic heterocycles. The lowest BCUT2D eigenvalue weighted by Gasteiger charge is -2.25. The van der Waals surface area contributed by atoms with E-state index in [9.17, 15) is 18.3 Å². The standard InChI is InChI=1S/C27H33BrN4O6S/c1-4-37-26(34)16-23(22-7-8-24-27(19(22)3)29-30-32(24)11-6-5-10-28)21-14-18(2)13-20(15-21)17-31-12-9-25(33)38-39(31,35)36/h7-9,13-15,23,33H,4-6,10-12,16-17H2,1-3H3. The minimum atomic E-state index is -4.11. The number of aliphatic hydroxyl groups is 1. The van der Waals surface area contributed by atoms with E-state index in [0.29, 0.717) is 0 Å². The Balaban J connectivity index is 1.72. The van der Waals surface area contributed by atoms with Crippen LogP contribution in [0.1, 0.15) is 59.9 Å². The van der Waals surface area contributed by atoms with Gasteiger partial charge in [0, 0.05) is 37.0 Å². The van der Waals surface area contributed by atoms with Crippen LogP contribution in [0.3, 0.4) is 0 Å². The van der Waals surface area contributed by atoms with Crippen LogP contribution in [0.4, 0.5) is 0 Å². The zero-order valence-electron chi connectivity index (χ0n) is 22.3. The van der Waals surface area contributed by atoms with Crippen LogP contribution in [0.25, 0.3) is 11.0 Å². The first-order valence-corrected chi connectivity index (χ1v) is 15.3. The molecular formula is C27H33BrN4O6S. The monoisotopic (exact) mass is 620 g/mol. The highest BCUT2D eigenvalue weighted by Gasteiger charge is 2.30. The summed E-state index contributed by atoms with van der Waals surface area (Å²) in [6, 6.07) is 9.82. The summed E-state index contributed by atoms with van der Waals surface area (Å²) >= 11 is 3.46. The molecule has 12 heteroatoms. The second-order valence-electron chi connectivity index (χ2n) is 9.55. The van der Waals surface area contributed by atoms with Gasteiger partial charge in [0.25, 0.3) is 5.95 Å². The van der Waals surface area contributed by atoms with Crippen LogP contribution < -0.4 is 0 Å². The van der Waals surface area contributed by atoms with Crippen LogP contribution in [-0.4, -0.2) is 57.3 Å². The lowest BCUT2D eigenvalue weighted by Crippen LogP contribution is -2.35. The lowest BCUT2D eigenvalue weighted by atomic mass is 9.84. The van der Waals surface area contributed by atoms with E-state index in [1.54, 1.807) is 6.92 Å². The van der Waals surface area contributed by atoms with Gasteiger partial charge in [0.1, 0.15) is 5.52 Å². The second kappa shape index (κ2) is 12.5. The van der Waals surface area contributed by atoms with E-state index < -0.39 is 16.2 Å². The molecule has 4 rings (SSSR count). The Morgan fingerprint density at radius 1 is 1.23 bits per heavy atom. The molecule has 1 atom stereocenters. The van der Waals surface area contributed by atoms with Gasteiger partial charge in [-0.2, -0.15) is 12.7 Å². The van der Waals surface area contributed by atoms with Gasteiger partial charge in [0.15, 0.2) is 0 Å². The predicted molar refractivity (Wildman–Crippen MR) is 151 cm³/mol. The summed E-state index contributed by atoms with van der Waals surface area (Å²) in [7, 11) is -4.11. The fraction of sp³-hybridized carbons (Fsp3) is 0.444. The molecule has 210 valence electrons. The summed E-state index contributed by atoms with van der Waals surface area (Å²) in [5.74, 6) is -1.29. The van der Waals surface area contributed by atoms with Gasteiger partial charge >= 0.3 is 16.3 Å². The van der Waals surface area contributed by atoms with Crippen molar-refractivity contribution in [3.8, 4) is 0 Å². The fourth-order valence-electron chi connectivity index (χ4n) is 4.88. The number of nitrogens with zero attached hydrogens (tertiary/aromatic N) is 4. The SMILES string of the molecule is CCOC(=O)CC(c1cc(C)cc(CN2CC=C(O)OS2(=O)=O)c1)c1ccc2c(nnn2CCCCBr)c1C. The number of carbonyl (C=O) groups excluding carboxylic acids is 1. The van der Waals surface area contributed by atoms with Crippen LogP contribution in [0.2, 0.25) is 0 Å². The van der Waals surface area contributed by atoms with Crippen molar-refractivity contribution in [3.05, 3.63) is 70.2 Å². The van der Waals surface area contributed by atoms with Crippen molar-refractivity contribution < 1.29 is 27.2 Å². The number of esters is 1. The zero-order chi connectivity index (χ0) is 28.2. The minimum Gasteiger partial charge on any atom is -0.480 e. The van der Waals surface area contributed by atoms with Crippen molar-refractivity contribution in [2.45, 2.75) is 59.0 Å². The maximum Gasteiger partial charge on any atom is 0.388 e. The molecule has 0 saturated carbocycles. The highest BCUT2D eigenvalue weighted by Crippen LogP contribution is 2.35. The maximum absolute atomic E-state index is 12.7. The van der Waals surface area contributed by atoms with E-state index in [1.807, 2.05) is 48.9 Å². The first-order valence-electron chi connectivity index (χ1n) is 12.9. The highest BCUT2D eigenvalue weighted by atomic mass is 79.9. The van der Waals surface area contributed by atoms with Gasteiger partial charge in [-0.25, -0.2) is 4.68 Å². The van der Waals surface area contributed by atoms with Gasteiger partial charge in [-0.05, 0) is 61.9 Å². The van der Waals surface area contributed by atoms with Crippen molar-refractivity contribution >= 4 is 43.2 Å². The third-order valence-corrected chi connectivity index (χ3v) is 8.54. The number of benzene rings is 2. The van der Waals surface area contributed by atoms with E-state index >= 15 is 0 Å². The van der Waals surface area contributed by atoms with Crippen LogP contribution >= 0.6 is 15.9 Å². The van der Waals surface area contributed by atoms with E-state index in [1.165, 1.54) is 6.08 Å². The molecule has 0 fully saturated rings. The summed E-state index contributed by atoms with van der Waals surface area (Å²) in [6.07, 6.45) is 3.43. The average molecular weight is 622 g/mol. The molecule has 0 bridgehead atoms. The van der Waals surface area contributed by atoms with E-state index in [0.717, 1.165) is 67.9 Å². The van der Waals surface area contributed by atoms with Crippen LogP contribution in [0, 0.1) is 13.8 Å². The van der Waals surface area contributed by atoms with Crippen molar-refractivity contribution in [3.63, 3.8) is 0 Å². The summed E-state index contributed by atoms with van der Waals surface area (Å²) in [5.41, 5.74) is 6.11. The van der Waals surface area contributed by atoms with Gasteiger partial charge in [-0.15, -0.1) is 5.10 Å². The highest BCUT2D eigenvalue weighted by molar-refractivity contribution is 9.09. The Bertz CT molecular complexity index is 1490. The molecule has 2 aromatic carbocycles. The van der Waals surface area contributed by atoms with Gasteiger partial charge in [0.05, 0.1) is 18.5 Å². The van der Waals surface area contributed by atoms with Crippen LogP contribution in [0.15, 0.2) is 42.4 Å². The Hall–Kier alpha value is -2.96. The maximum atomic E-state index is 12.7. The molecule has 0 aliphatic carbocycles. The molecule has 1 aromatic heterocycles. The zero-order valence-corrected chi connectivity index (χ0v) is 24.7. The predicted octanol–water partition coefficient (Wildman–Crippen LogP) is 4.78. The number of aromatic nitrogens is 3. The number of aryl methyl sites for hydroxylation is 3. The fourth-order valence-corrected chi connectivity index (χ4v) is 6.23. The Kier molecular flexibility index (Phi) is 9.29. The van der Waals surface area contributed by atoms with Gasteiger partial charge in [0.2, 0.25) is 0 Å². The molecule has 2 heterocycles. The van der Waals surface area contributed by atoms with Gasteiger partial charge in [-0.3, -0.25) is 4.79 Å². The first kappa shape index (κ1) is 29.0. The minimum absolute atomic E-state index is 0.00916. The molecule has 0 saturated heterocycles. The number of rotatable bonds is 11. The number of ether oxygens (including phenoxy) is 1. The largest absolute Gasteiger partial charge is 0.480 e. The van der Waals surface area contributed by atoms with Crippen molar-refractivity contribution in [1.82, 2.24) is 19.3 Å². The third kappa shape index (κ3) is 6.79. The summed E-state index contributed by atoms with van der Waals surface area (Å²) in [6.45, 7) is 6.77. The van der Waals surface area contributed by atoms with E-state index in [2.05, 4.69) is 30.4 Å². The van der Waals surface area contributed by atoms with Gasteiger partial charge < -0.3 is 14.0 Å². The molecule has 39 heavy (non-hydrogen) atoms. The summed E-state index contributed by atoms with van der Waals surface area (Å²) in [4.78, 5) is 12.7. The van der Waals surface area contributed by atoms with Crippen molar-refractivity contribution in [2.24, 2.45) is 0 Å². The number of alkyl halides is 1. The Labute approximate surface area is 237 Å². The number of hydrogen-bond acceptors (Lipinski definition) is 8. The molecule has 3 aromatic rings. The molecule has 1 N–H and O–H groups in total. The number of unbranched alkanes of at least 4 members (excludes halogenated alkanes) is 1. The normalized spacial score (nSPS) is 16.1. The molecule has 0 spiro atoms. The number of aliphatic hydroxyl groups excluding tert-OH is 1. The van der Waals surface area contributed by atoms with Crippen molar-refractivity contribution in [2.75, 3.05) is 18.5 Å². The number of halogens is 1. The molecular weight excluding hydrogens is 588 g/mol. The van der Waals surface area contributed by atoms with Gasteiger partial charge in [-0.1, -0.05) is 51.0 Å². The smallest absolute Gasteiger partial charge is 0.388 e. The van der Waals surface area contributed by atoms with E-state index in [4.69, 9.17) is 4.74 Å². The average Bonchev–Trinajstić information content (AvgIpc) is 3.28. The summed E-state index contributed by atoms with van der Waals surface area (Å²) < 4.78 is 37.8.